The first-order valence-corrected chi connectivity index (χ1v) is 7.11. The lowest BCUT2D eigenvalue weighted by atomic mass is 10.0. The maximum Gasteiger partial charge on any atom is 0.101 e. The van der Waals surface area contributed by atoms with Gasteiger partial charge in [-0.3, -0.25) is 0 Å². The van der Waals surface area contributed by atoms with Gasteiger partial charge in [0.1, 0.15) is 6.07 Å². The molecule has 1 atom stereocenters. The van der Waals surface area contributed by atoms with Crippen LogP contribution < -0.4 is 5.32 Å². The lowest BCUT2D eigenvalue weighted by Gasteiger charge is -2.20. The van der Waals surface area contributed by atoms with Crippen molar-refractivity contribution in [2.75, 3.05) is 5.32 Å². The maximum atomic E-state index is 9.16. The summed E-state index contributed by atoms with van der Waals surface area (Å²) in [7, 11) is 0. The first-order valence-electron chi connectivity index (χ1n) is 6.35. The van der Waals surface area contributed by atoms with E-state index in [1.54, 1.807) is 18.2 Å². The van der Waals surface area contributed by atoms with Crippen LogP contribution in [0.2, 0.25) is 10.0 Å². The fourth-order valence-corrected chi connectivity index (χ4v) is 2.44. The van der Waals surface area contributed by atoms with E-state index in [1.165, 1.54) is 0 Å². The third-order valence-electron chi connectivity index (χ3n) is 3.09. The molecule has 0 fully saturated rings. The minimum absolute atomic E-state index is 0.0827. The van der Waals surface area contributed by atoms with Crippen molar-refractivity contribution >= 4 is 28.9 Å². The second kappa shape index (κ2) is 6.65. The van der Waals surface area contributed by atoms with E-state index in [-0.39, 0.29) is 6.04 Å². The molecular weight excluding hydrogens is 291 g/mol. The Labute approximate surface area is 128 Å². The minimum atomic E-state index is 0.0827. The van der Waals surface area contributed by atoms with Gasteiger partial charge in [0.15, 0.2) is 0 Å². The number of anilines is 1. The second-order valence-electron chi connectivity index (χ2n) is 4.46. The van der Waals surface area contributed by atoms with Crippen molar-refractivity contribution in [2.24, 2.45) is 0 Å². The zero-order valence-electron chi connectivity index (χ0n) is 11.0. The standard InChI is InChI=1S/C16H14Cl2N2/c1-2-15(11-4-3-5-13(17)8-11)20-16-9-14(18)7-6-12(16)10-19/h3-9,15,20H,2H2,1H3. The first kappa shape index (κ1) is 14.7. The predicted octanol–water partition coefficient (Wildman–Crippen LogP) is 5.43. The Morgan fingerprint density at radius 1 is 1.15 bits per heavy atom. The van der Waals surface area contributed by atoms with E-state index in [0.29, 0.717) is 15.6 Å². The molecule has 20 heavy (non-hydrogen) atoms. The molecule has 4 heteroatoms. The Bertz CT molecular complexity index is 647. The van der Waals surface area contributed by atoms with Crippen LogP contribution in [0.1, 0.15) is 30.5 Å². The Morgan fingerprint density at radius 2 is 1.90 bits per heavy atom. The number of nitriles is 1. The SMILES string of the molecule is CCC(Nc1cc(Cl)ccc1C#N)c1cccc(Cl)c1. The van der Waals surface area contributed by atoms with Gasteiger partial charge < -0.3 is 5.32 Å². The van der Waals surface area contributed by atoms with Crippen molar-refractivity contribution in [1.29, 1.82) is 5.26 Å². The van der Waals surface area contributed by atoms with Gasteiger partial charge in [0.2, 0.25) is 0 Å². The Morgan fingerprint density at radius 3 is 2.55 bits per heavy atom. The number of rotatable bonds is 4. The van der Waals surface area contributed by atoms with Gasteiger partial charge in [-0.2, -0.15) is 5.26 Å². The highest BCUT2D eigenvalue weighted by Gasteiger charge is 2.12. The molecule has 0 aliphatic carbocycles. The largest absolute Gasteiger partial charge is 0.377 e. The summed E-state index contributed by atoms with van der Waals surface area (Å²) in [5.74, 6) is 0. The smallest absolute Gasteiger partial charge is 0.101 e. The lowest BCUT2D eigenvalue weighted by molar-refractivity contribution is 0.749. The minimum Gasteiger partial charge on any atom is -0.377 e. The van der Waals surface area contributed by atoms with Crippen molar-refractivity contribution in [3.63, 3.8) is 0 Å². The Balaban J connectivity index is 2.31. The summed E-state index contributed by atoms with van der Waals surface area (Å²) in [6.45, 7) is 2.08. The van der Waals surface area contributed by atoms with E-state index in [0.717, 1.165) is 17.7 Å². The molecular formula is C16H14Cl2N2. The van der Waals surface area contributed by atoms with Gasteiger partial charge in [-0.1, -0.05) is 42.3 Å². The highest BCUT2D eigenvalue weighted by molar-refractivity contribution is 6.31. The molecule has 0 amide bonds. The molecule has 2 nitrogen and oxygen atoms in total. The summed E-state index contributed by atoms with van der Waals surface area (Å²) in [6, 6.07) is 15.2. The number of hydrogen-bond acceptors (Lipinski definition) is 2. The molecule has 0 saturated carbocycles. The van der Waals surface area contributed by atoms with Gasteiger partial charge >= 0.3 is 0 Å². The topological polar surface area (TPSA) is 35.8 Å². The van der Waals surface area contributed by atoms with Crippen LogP contribution in [0.15, 0.2) is 42.5 Å². The summed E-state index contributed by atoms with van der Waals surface area (Å²) in [4.78, 5) is 0. The molecule has 0 spiro atoms. The van der Waals surface area contributed by atoms with Gasteiger partial charge in [-0.15, -0.1) is 0 Å². The summed E-state index contributed by atoms with van der Waals surface area (Å²) in [6.07, 6.45) is 0.873. The molecule has 0 bridgehead atoms. The van der Waals surface area contributed by atoms with Crippen LogP contribution >= 0.6 is 23.2 Å². The van der Waals surface area contributed by atoms with E-state index in [4.69, 9.17) is 28.5 Å². The van der Waals surface area contributed by atoms with E-state index in [2.05, 4.69) is 18.3 Å². The quantitative estimate of drug-likeness (QED) is 0.817. The van der Waals surface area contributed by atoms with Crippen LogP contribution in [0.5, 0.6) is 0 Å². The normalized spacial score (nSPS) is 11.7. The second-order valence-corrected chi connectivity index (χ2v) is 5.33. The fourth-order valence-electron chi connectivity index (χ4n) is 2.07. The number of hydrogen-bond donors (Lipinski definition) is 1. The van der Waals surface area contributed by atoms with Gasteiger partial charge in [0.25, 0.3) is 0 Å². The van der Waals surface area contributed by atoms with Crippen LogP contribution in [0.3, 0.4) is 0 Å². The molecule has 0 radical (unpaired) electrons. The van der Waals surface area contributed by atoms with Crippen LogP contribution in [0, 0.1) is 11.3 Å². The highest BCUT2D eigenvalue weighted by atomic mass is 35.5. The number of halogens is 2. The van der Waals surface area contributed by atoms with E-state index < -0.39 is 0 Å². The average molecular weight is 305 g/mol. The van der Waals surface area contributed by atoms with Gasteiger partial charge in [0.05, 0.1) is 17.3 Å². The molecule has 2 aromatic carbocycles. The van der Waals surface area contributed by atoms with Crippen molar-refractivity contribution in [3.05, 3.63) is 63.6 Å². The third kappa shape index (κ3) is 3.45. The van der Waals surface area contributed by atoms with Crippen molar-refractivity contribution in [3.8, 4) is 6.07 Å². The molecule has 0 aliphatic rings. The van der Waals surface area contributed by atoms with Crippen molar-refractivity contribution < 1.29 is 0 Å². The number of nitrogens with zero attached hydrogens (tertiary/aromatic N) is 1. The molecule has 102 valence electrons. The number of benzene rings is 2. The number of nitrogens with one attached hydrogen (secondary N) is 1. The van der Waals surface area contributed by atoms with Gasteiger partial charge in [-0.25, -0.2) is 0 Å². The molecule has 1 unspecified atom stereocenters. The predicted molar refractivity (Wildman–Crippen MR) is 84.3 cm³/mol. The van der Waals surface area contributed by atoms with Crippen LogP contribution in [0.4, 0.5) is 5.69 Å². The fraction of sp³-hybridized carbons (Fsp3) is 0.188. The van der Waals surface area contributed by atoms with E-state index >= 15 is 0 Å². The van der Waals surface area contributed by atoms with Crippen LogP contribution in [-0.4, -0.2) is 0 Å². The zero-order chi connectivity index (χ0) is 14.5. The van der Waals surface area contributed by atoms with E-state index in [1.807, 2.05) is 24.3 Å². The first-order chi connectivity index (χ1) is 9.63. The lowest BCUT2D eigenvalue weighted by Crippen LogP contribution is -2.10. The third-order valence-corrected chi connectivity index (χ3v) is 3.56. The van der Waals surface area contributed by atoms with Crippen molar-refractivity contribution in [1.82, 2.24) is 0 Å². The summed E-state index contributed by atoms with van der Waals surface area (Å²) in [5.41, 5.74) is 2.41. The van der Waals surface area contributed by atoms with Crippen LogP contribution in [0.25, 0.3) is 0 Å². The maximum absolute atomic E-state index is 9.16. The molecule has 0 aromatic heterocycles. The van der Waals surface area contributed by atoms with Crippen molar-refractivity contribution in [2.45, 2.75) is 19.4 Å². The highest BCUT2D eigenvalue weighted by Crippen LogP contribution is 2.28. The molecule has 0 aliphatic heterocycles. The Kier molecular flexibility index (Phi) is 4.89. The summed E-state index contributed by atoms with van der Waals surface area (Å²) in [5, 5.41) is 13.8. The molecule has 2 aromatic rings. The average Bonchev–Trinajstić information content (AvgIpc) is 2.45. The molecule has 0 heterocycles. The zero-order valence-corrected chi connectivity index (χ0v) is 12.5. The van der Waals surface area contributed by atoms with Gasteiger partial charge in [0, 0.05) is 10.0 Å². The van der Waals surface area contributed by atoms with E-state index in [9.17, 15) is 0 Å². The molecule has 2 rings (SSSR count). The molecule has 0 saturated heterocycles. The Hall–Kier alpha value is -1.69. The molecule has 1 N–H and O–H groups in total. The monoisotopic (exact) mass is 304 g/mol. The van der Waals surface area contributed by atoms with Crippen LogP contribution in [-0.2, 0) is 0 Å². The van der Waals surface area contributed by atoms with Gasteiger partial charge in [-0.05, 0) is 42.3 Å². The summed E-state index contributed by atoms with van der Waals surface area (Å²) >= 11 is 12.0. The summed E-state index contributed by atoms with van der Waals surface area (Å²) < 4.78 is 0.